The Bertz CT molecular complexity index is 669. The van der Waals surface area contributed by atoms with Gasteiger partial charge < -0.3 is 10.6 Å². The molecule has 1 heterocycles. The fraction of sp³-hybridized carbons (Fsp3) is 0.381. The van der Waals surface area contributed by atoms with Gasteiger partial charge in [0, 0.05) is 18.8 Å². The van der Waals surface area contributed by atoms with Crippen LogP contribution in [0.2, 0.25) is 0 Å². The summed E-state index contributed by atoms with van der Waals surface area (Å²) >= 11 is 0. The molecule has 0 saturated heterocycles. The van der Waals surface area contributed by atoms with Crippen molar-refractivity contribution in [2.45, 2.75) is 39.0 Å². The van der Waals surface area contributed by atoms with Crippen LogP contribution in [0.5, 0.6) is 0 Å². The molecule has 0 bridgehead atoms. The van der Waals surface area contributed by atoms with E-state index in [1.165, 1.54) is 16.7 Å². The van der Waals surface area contributed by atoms with Crippen molar-refractivity contribution in [2.75, 3.05) is 18.4 Å². The highest BCUT2D eigenvalue weighted by atomic mass is 15.2. The molecular weight excluding hydrogens is 294 g/mol. The van der Waals surface area contributed by atoms with Crippen LogP contribution in [0, 0.1) is 0 Å². The Morgan fingerprint density at radius 1 is 0.958 bits per heavy atom. The van der Waals surface area contributed by atoms with Crippen LogP contribution in [0.3, 0.4) is 0 Å². The molecule has 0 aromatic heterocycles. The number of aliphatic imine (C=N–C) groups is 1. The summed E-state index contributed by atoms with van der Waals surface area (Å²) in [5, 5.41) is 6.62. The first kappa shape index (κ1) is 16.6. The number of benzene rings is 2. The van der Waals surface area contributed by atoms with Gasteiger partial charge in [0.25, 0.3) is 0 Å². The zero-order valence-electron chi connectivity index (χ0n) is 14.7. The molecule has 0 fully saturated rings. The van der Waals surface area contributed by atoms with Gasteiger partial charge in [0.1, 0.15) is 0 Å². The van der Waals surface area contributed by atoms with Crippen molar-refractivity contribution in [3.05, 3.63) is 65.2 Å². The number of aryl methyl sites for hydroxylation is 2. The summed E-state index contributed by atoms with van der Waals surface area (Å²) in [7, 11) is 0. The largest absolute Gasteiger partial charge is 0.356 e. The van der Waals surface area contributed by atoms with E-state index < -0.39 is 0 Å². The van der Waals surface area contributed by atoms with Gasteiger partial charge in [-0.3, -0.25) is 4.99 Å². The van der Waals surface area contributed by atoms with E-state index in [0.717, 1.165) is 44.0 Å². The number of guanidine groups is 1. The molecular formula is C21H27N3. The lowest BCUT2D eigenvalue weighted by molar-refractivity contribution is 0.740. The van der Waals surface area contributed by atoms with E-state index >= 15 is 0 Å². The van der Waals surface area contributed by atoms with Gasteiger partial charge in [0.2, 0.25) is 0 Å². The average molecular weight is 321 g/mol. The molecule has 0 atom stereocenters. The topological polar surface area (TPSA) is 36.4 Å². The van der Waals surface area contributed by atoms with Gasteiger partial charge in [-0.1, -0.05) is 50.2 Å². The van der Waals surface area contributed by atoms with E-state index in [0.29, 0.717) is 5.92 Å². The van der Waals surface area contributed by atoms with Crippen molar-refractivity contribution in [2.24, 2.45) is 4.99 Å². The van der Waals surface area contributed by atoms with Crippen LogP contribution in [0.1, 0.15) is 42.9 Å². The molecule has 2 aromatic rings. The van der Waals surface area contributed by atoms with Gasteiger partial charge in [-0.2, -0.15) is 0 Å². The first-order chi connectivity index (χ1) is 11.7. The second-order valence-corrected chi connectivity index (χ2v) is 6.73. The Labute approximate surface area is 145 Å². The minimum Gasteiger partial charge on any atom is -0.356 e. The second-order valence-electron chi connectivity index (χ2n) is 6.73. The number of rotatable bonds is 5. The lowest BCUT2D eigenvalue weighted by Gasteiger charge is -2.16. The molecule has 3 nitrogen and oxygen atoms in total. The maximum Gasteiger partial charge on any atom is 0.195 e. The molecule has 1 aliphatic rings. The van der Waals surface area contributed by atoms with Crippen molar-refractivity contribution in [3.8, 4) is 0 Å². The molecule has 0 saturated carbocycles. The molecule has 0 amide bonds. The quantitative estimate of drug-likeness (QED) is 0.858. The van der Waals surface area contributed by atoms with E-state index in [2.05, 4.69) is 78.0 Å². The Hall–Kier alpha value is -2.29. The molecule has 2 N–H and O–H groups in total. The SMILES string of the molecule is CC(C)c1ccc(CCc2ccc(NC3=NCCCN3)cc2)cc1. The Kier molecular flexibility index (Phi) is 5.52. The molecule has 24 heavy (non-hydrogen) atoms. The van der Waals surface area contributed by atoms with Crippen LogP contribution < -0.4 is 10.6 Å². The highest BCUT2D eigenvalue weighted by Gasteiger charge is 2.04. The minimum atomic E-state index is 0.599. The standard InChI is InChI=1S/C21H27N3/c1-16(2)19-10-6-17(7-11-19)4-5-18-8-12-20(13-9-18)24-21-22-14-3-15-23-21/h6-13,16H,3-5,14-15H2,1-2H3,(H2,22,23,24). The first-order valence-electron chi connectivity index (χ1n) is 8.94. The van der Waals surface area contributed by atoms with Crippen LogP contribution in [-0.2, 0) is 12.8 Å². The number of anilines is 1. The van der Waals surface area contributed by atoms with Gasteiger partial charge >= 0.3 is 0 Å². The monoisotopic (exact) mass is 321 g/mol. The summed E-state index contributed by atoms with van der Waals surface area (Å²) in [6, 6.07) is 17.7. The molecule has 2 aromatic carbocycles. The van der Waals surface area contributed by atoms with Crippen LogP contribution in [-0.4, -0.2) is 19.0 Å². The molecule has 0 aliphatic carbocycles. The zero-order chi connectivity index (χ0) is 16.8. The summed E-state index contributed by atoms with van der Waals surface area (Å²) in [6.07, 6.45) is 3.27. The third-order valence-electron chi connectivity index (χ3n) is 4.46. The minimum absolute atomic E-state index is 0.599. The van der Waals surface area contributed by atoms with E-state index in [4.69, 9.17) is 0 Å². The zero-order valence-corrected chi connectivity index (χ0v) is 14.7. The summed E-state index contributed by atoms with van der Waals surface area (Å²) in [4.78, 5) is 4.44. The summed E-state index contributed by atoms with van der Waals surface area (Å²) in [5.41, 5.74) is 5.27. The summed E-state index contributed by atoms with van der Waals surface area (Å²) < 4.78 is 0. The number of nitrogens with zero attached hydrogens (tertiary/aromatic N) is 1. The highest BCUT2D eigenvalue weighted by Crippen LogP contribution is 2.16. The van der Waals surface area contributed by atoms with Crippen LogP contribution >= 0.6 is 0 Å². The fourth-order valence-electron chi connectivity index (χ4n) is 2.87. The van der Waals surface area contributed by atoms with Crippen LogP contribution in [0.15, 0.2) is 53.5 Å². The highest BCUT2D eigenvalue weighted by molar-refractivity contribution is 5.93. The van der Waals surface area contributed by atoms with E-state index in [1.54, 1.807) is 0 Å². The lowest BCUT2D eigenvalue weighted by Crippen LogP contribution is -2.35. The predicted molar refractivity (Wildman–Crippen MR) is 103 cm³/mol. The Morgan fingerprint density at radius 2 is 1.58 bits per heavy atom. The molecule has 3 rings (SSSR count). The average Bonchev–Trinajstić information content (AvgIpc) is 2.62. The number of hydrogen-bond acceptors (Lipinski definition) is 3. The molecule has 0 unspecified atom stereocenters. The van der Waals surface area contributed by atoms with Gasteiger partial charge in [-0.15, -0.1) is 0 Å². The van der Waals surface area contributed by atoms with Crippen LogP contribution in [0.4, 0.5) is 5.69 Å². The van der Waals surface area contributed by atoms with Gasteiger partial charge in [0.15, 0.2) is 5.96 Å². The Morgan fingerprint density at radius 3 is 2.12 bits per heavy atom. The van der Waals surface area contributed by atoms with Crippen molar-refractivity contribution in [3.63, 3.8) is 0 Å². The van der Waals surface area contributed by atoms with Gasteiger partial charge in [-0.25, -0.2) is 0 Å². The van der Waals surface area contributed by atoms with Crippen LogP contribution in [0.25, 0.3) is 0 Å². The summed E-state index contributed by atoms with van der Waals surface area (Å²) in [6.45, 7) is 6.38. The van der Waals surface area contributed by atoms with E-state index in [1.807, 2.05) is 0 Å². The molecule has 0 radical (unpaired) electrons. The van der Waals surface area contributed by atoms with Crippen molar-refractivity contribution < 1.29 is 0 Å². The molecule has 1 aliphatic heterocycles. The van der Waals surface area contributed by atoms with Crippen molar-refractivity contribution in [1.29, 1.82) is 0 Å². The predicted octanol–water partition coefficient (Wildman–Crippen LogP) is 4.36. The lowest BCUT2D eigenvalue weighted by atomic mass is 9.99. The fourth-order valence-corrected chi connectivity index (χ4v) is 2.87. The second kappa shape index (κ2) is 8.00. The summed E-state index contributed by atoms with van der Waals surface area (Å²) in [5.74, 6) is 1.49. The Balaban J connectivity index is 1.53. The first-order valence-corrected chi connectivity index (χ1v) is 8.94. The van der Waals surface area contributed by atoms with Gasteiger partial charge in [0.05, 0.1) is 0 Å². The van der Waals surface area contributed by atoms with E-state index in [-0.39, 0.29) is 0 Å². The molecule has 0 spiro atoms. The van der Waals surface area contributed by atoms with Crippen molar-refractivity contribution >= 4 is 11.6 Å². The van der Waals surface area contributed by atoms with E-state index in [9.17, 15) is 0 Å². The molecule has 3 heteroatoms. The smallest absolute Gasteiger partial charge is 0.195 e. The van der Waals surface area contributed by atoms with Crippen molar-refractivity contribution in [1.82, 2.24) is 5.32 Å². The third kappa shape index (κ3) is 4.60. The molecule has 126 valence electrons. The third-order valence-corrected chi connectivity index (χ3v) is 4.46. The normalized spacial score (nSPS) is 14.2. The number of nitrogens with one attached hydrogen (secondary N) is 2. The maximum absolute atomic E-state index is 4.44. The number of hydrogen-bond donors (Lipinski definition) is 2. The maximum atomic E-state index is 4.44. The van der Waals surface area contributed by atoms with Gasteiger partial charge in [-0.05, 0) is 54.0 Å².